The highest BCUT2D eigenvalue weighted by Crippen LogP contribution is 2.44. The normalized spacial score (nSPS) is 22.9. The number of piperidine rings is 1. The molecule has 0 N–H and O–H groups in total. The van der Waals surface area contributed by atoms with Gasteiger partial charge in [0.05, 0.1) is 37.1 Å². The molecular weight excluding hydrogens is 522 g/mol. The summed E-state index contributed by atoms with van der Waals surface area (Å²) >= 11 is 0. The maximum Gasteiger partial charge on any atom is 0.292 e. The van der Waals surface area contributed by atoms with Crippen molar-refractivity contribution in [2.45, 2.75) is 69.9 Å². The van der Waals surface area contributed by atoms with Crippen LogP contribution in [0.1, 0.15) is 57.9 Å². The van der Waals surface area contributed by atoms with Gasteiger partial charge in [0, 0.05) is 24.4 Å². The van der Waals surface area contributed by atoms with Crippen molar-refractivity contribution in [3.8, 4) is 11.5 Å². The third-order valence-electron chi connectivity index (χ3n) is 8.92. The number of carbonyl (C=O) groups is 4. The molecule has 0 radical (unpaired) electrons. The topological polar surface area (TPSA) is 96.5 Å². The lowest BCUT2D eigenvalue weighted by Gasteiger charge is -2.52. The Labute approximate surface area is 240 Å². The van der Waals surface area contributed by atoms with Crippen LogP contribution in [0.15, 0.2) is 60.4 Å². The van der Waals surface area contributed by atoms with E-state index in [0.29, 0.717) is 48.6 Å². The molecule has 3 aliphatic heterocycles. The highest BCUT2D eigenvalue weighted by Gasteiger charge is 2.54. The maximum atomic E-state index is 14.1. The minimum absolute atomic E-state index is 0. The number of amides is 3. The minimum Gasteiger partial charge on any atom is -0.497 e. The fraction of sp³-hybridized carbons (Fsp3) is 0.438. The molecule has 2 atom stereocenters. The highest BCUT2D eigenvalue weighted by molar-refractivity contribution is 6.40. The van der Waals surface area contributed by atoms with Crippen molar-refractivity contribution in [2.24, 2.45) is 0 Å². The molecule has 216 valence electrons. The fourth-order valence-electron chi connectivity index (χ4n) is 6.90. The lowest BCUT2D eigenvalue weighted by Crippen LogP contribution is -2.68. The van der Waals surface area contributed by atoms with Gasteiger partial charge in [0.2, 0.25) is 11.7 Å². The molecule has 3 heterocycles. The molecule has 1 aliphatic carbocycles. The quantitative estimate of drug-likeness (QED) is 0.493. The van der Waals surface area contributed by atoms with Gasteiger partial charge < -0.3 is 19.3 Å². The summed E-state index contributed by atoms with van der Waals surface area (Å²) in [5.74, 6) is -0.580. The van der Waals surface area contributed by atoms with E-state index in [-0.39, 0.29) is 25.8 Å². The van der Waals surface area contributed by atoms with Crippen LogP contribution in [0.2, 0.25) is 0 Å². The van der Waals surface area contributed by atoms with Crippen molar-refractivity contribution in [1.29, 1.82) is 0 Å². The van der Waals surface area contributed by atoms with Gasteiger partial charge >= 0.3 is 0 Å². The number of anilines is 1. The molecule has 9 nitrogen and oxygen atoms in total. The first-order valence-electron chi connectivity index (χ1n) is 13.9. The van der Waals surface area contributed by atoms with E-state index < -0.39 is 29.2 Å². The van der Waals surface area contributed by atoms with Crippen molar-refractivity contribution in [1.82, 2.24) is 9.80 Å². The number of hydrogen-bond acceptors (Lipinski definition) is 6. The Kier molecular flexibility index (Phi) is 7.64. The molecule has 0 spiro atoms. The van der Waals surface area contributed by atoms with Gasteiger partial charge in [-0.15, -0.1) is 0 Å². The minimum atomic E-state index is -0.868. The Morgan fingerprint density at radius 2 is 1.51 bits per heavy atom. The zero-order valence-corrected chi connectivity index (χ0v) is 22.8. The summed E-state index contributed by atoms with van der Waals surface area (Å²) in [6.07, 6.45) is 6.45. The average Bonchev–Trinajstić information content (AvgIpc) is 3.50. The number of rotatable bonds is 6. The molecule has 2 saturated heterocycles. The average molecular weight is 560 g/mol. The maximum absolute atomic E-state index is 14.1. The molecule has 2 aromatic rings. The van der Waals surface area contributed by atoms with E-state index in [9.17, 15) is 19.2 Å². The van der Waals surface area contributed by atoms with E-state index in [2.05, 4.69) is 0 Å². The number of methoxy groups -OCH3 is 2. The summed E-state index contributed by atoms with van der Waals surface area (Å²) in [4.78, 5) is 59.8. The Morgan fingerprint density at radius 1 is 0.878 bits per heavy atom. The lowest BCUT2D eigenvalue weighted by molar-refractivity contribution is -0.161. The van der Waals surface area contributed by atoms with Crippen molar-refractivity contribution >= 4 is 29.2 Å². The molecule has 2 aromatic carbocycles. The largest absolute Gasteiger partial charge is 0.497 e. The number of ether oxygens (including phenoxy) is 2. The Bertz CT molecular complexity index is 1380. The second-order valence-corrected chi connectivity index (χ2v) is 11.0. The summed E-state index contributed by atoms with van der Waals surface area (Å²) in [5.41, 5.74) is 1.08. The number of nitrogens with zero attached hydrogens (tertiary/aromatic N) is 3. The fourth-order valence-corrected chi connectivity index (χ4v) is 6.90. The summed E-state index contributed by atoms with van der Waals surface area (Å²) in [5, 5.41) is 0. The number of benzene rings is 2. The van der Waals surface area contributed by atoms with Crippen LogP contribution in [-0.2, 0) is 24.6 Å². The molecule has 4 aliphatic rings. The molecule has 6 rings (SSSR count). The molecule has 9 heteroatoms. The summed E-state index contributed by atoms with van der Waals surface area (Å²) in [6.45, 7) is -0.138. The van der Waals surface area contributed by atoms with E-state index in [1.54, 1.807) is 24.4 Å². The predicted octanol–water partition coefficient (Wildman–Crippen LogP) is 4.20. The monoisotopic (exact) mass is 559 g/mol. The standard InChI is InChI=1S/C31H33N3O6.CH4/c1-39-22-15-21(16-23(17-22)40-2)32-18-26-24-11-8-12-25(29(37)33(26)19-27(32)35)34(24)30(38)28(36)31(13-6-7-14-31)20-9-4-3-5-10-20;/h3-5,9-10,15-18,24-25H,6-8,11-14,19H2,1-2H3;1H4. The zero-order valence-electron chi connectivity index (χ0n) is 22.8. The van der Waals surface area contributed by atoms with E-state index in [1.165, 1.54) is 28.9 Å². The Hall–Kier alpha value is -4.14. The molecule has 0 aromatic heterocycles. The second kappa shape index (κ2) is 11.0. The van der Waals surface area contributed by atoms with Gasteiger partial charge in [-0.2, -0.15) is 0 Å². The van der Waals surface area contributed by atoms with E-state index in [1.807, 2.05) is 30.3 Å². The first-order valence-corrected chi connectivity index (χ1v) is 13.9. The van der Waals surface area contributed by atoms with Gasteiger partial charge in [-0.3, -0.25) is 24.1 Å². The SMILES string of the molecule is C.COc1cc(OC)cc(N2C=C3C4CCCC(C(=O)N3CC2=O)N4C(=O)C(=O)C2(c3ccccc3)CCCC2)c1. The smallest absolute Gasteiger partial charge is 0.292 e. The first-order chi connectivity index (χ1) is 19.4. The van der Waals surface area contributed by atoms with Crippen LogP contribution in [0, 0.1) is 0 Å². The first kappa shape index (κ1) is 28.4. The van der Waals surface area contributed by atoms with Crippen molar-refractivity contribution < 1.29 is 28.7 Å². The molecule has 3 fully saturated rings. The molecule has 2 bridgehead atoms. The van der Waals surface area contributed by atoms with Crippen molar-refractivity contribution in [3.63, 3.8) is 0 Å². The van der Waals surface area contributed by atoms with Gasteiger partial charge in [0.15, 0.2) is 0 Å². The third-order valence-corrected chi connectivity index (χ3v) is 8.92. The van der Waals surface area contributed by atoms with Crippen molar-refractivity contribution in [2.75, 3.05) is 25.7 Å². The van der Waals surface area contributed by atoms with E-state index in [0.717, 1.165) is 24.8 Å². The van der Waals surface area contributed by atoms with Gasteiger partial charge in [-0.1, -0.05) is 50.6 Å². The molecular formula is C32H37N3O6. The van der Waals surface area contributed by atoms with Crippen LogP contribution in [0.4, 0.5) is 5.69 Å². The van der Waals surface area contributed by atoms with Crippen LogP contribution >= 0.6 is 0 Å². The zero-order chi connectivity index (χ0) is 28.0. The van der Waals surface area contributed by atoms with E-state index >= 15 is 0 Å². The van der Waals surface area contributed by atoms with E-state index in [4.69, 9.17) is 9.47 Å². The van der Waals surface area contributed by atoms with Gasteiger partial charge in [0.1, 0.15) is 24.1 Å². The van der Waals surface area contributed by atoms with Crippen molar-refractivity contribution in [3.05, 3.63) is 66.0 Å². The van der Waals surface area contributed by atoms with Crippen LogP contribution < -0.4 is 14.4 Å². The number of hydrogen-bond donors (Lipinski definition) is 0. The van der Waals surface area contributed by atoms with Gasteiger partial charge in [0.25, 0.3) is 11.8 Å². The van der Waals surface area contributed by atoms with Crippen LogP contribution in [0.3, 0.4) is 0 Å². The third kappa shape index (κ3) is 4.57. The Morgan fingerprint density at radius 3 is 2.15 bits per heavy atom. The van der Waals surface area contributed by atoms with Crippen LogP contribution in [0.5, 0.6) is 11.5 Å². The van der Waals surface area contributed by atoms with Crippen LogP contribution in [-0.4, -0.2) is 66.2 Å². The van der Waals surface area contributed by atoms with Gasteiger partial charge in [-0.05, 0) is 37.7 Å². The molecule has 3 amide bonds. The number of ketones is 1. The highest BCUT2D eigenvalue weighted by atomic mass is 16.5. The molecule has 2 unspecified atom stereocenters. The molecule has 41 heavy (non-hydrogen) atoms. The second-order valence-electron chi connectivity index (χ2n) is 11.0. The number of fused-ring (bicyclic) bond motifs is 4. The van der Waals surface area contributed by atoms with Crippen LogP contribution in [0.25, 0.3) is 0 Å². The lowest BCUT2D eigenvalue weighted by atomic mass is 9.74. The molecule has 1 saturated carbocycles. The Balaban J connectivity index is 0.00000337. The summed E-state index contributed by atoms with van der Waals surface area (Å²) in [6, 6.07) is 13.5. The van der Waals surface area contributed by atoms with Gasteiger partial charge in [-0.25, -0.2) is 0 Å². The number of piperazine rings is 1. The number of carbonyl (C=O) groups excluding carboxylic acids is 4. The summed E-state index contributed by atoms with van der Waals surface area (Å²) < 4.78 is 10.8. The number of Topliss-reactive ketones (excluding diaryl/α,β-unsaturated/α-hetero) is 1. The summed E-state index contributed by atoms with van der Waals surface area (Å²) in [7, 11) is 3.07. The predicted molar refractivity (Wildman–Crippen MR) is 153 cm³/mol.